The van der Waals surface area contributed by atoms with Gasteiger partial charge in [-0.05, 0) is 34.6 Å². The largest absolute Gasteiger partial charge is 0.481 e. The minimum absolute atomic E-state index is 0.0810. The predicted molar refractivity (Wildman–Crippen MR) is 128 cm³/mol. The molecule has 0 bridgehead atoms. The first-order chi connectivity index (χ1) is 16.1. The fourth-order valence-electron chi connectivity index (χ4n) is 4.29. The Morgan fingerprint density at radius 1 is 0.971 bits per heavy atom. The molecule has 2 aromatic rings. The normalized spacial score (nSPS) is 14.5. The SMILES string of the molecule is COCC(C)(NC(=O)OCC1c2ccccc2-c2ccccc21)C(=O)NCC(C)(C)CC(=O)O. The molecule has 34 heavy (non-hydrogen) atoms. The van der Waals surface area contributed by atoms with Crippen LogP contribution in [-0.4, -0.2) is 55.5 Å². The minimum atomic E-state index is -1.39. The third-order valence-corrected chi connectivity index (χ3v) is 6.01. The van der Waals surface area contributed by atoms with Crippen LogP contribution in [0.25, 0.3) is 11.1 Å². The van der Waals surface area contributed by atoms with Gasteiger partial charge in [0.2, 0.25) is 5.91 Å². The Morgan fingerprint density at radius 3 is 2.06 bits per heavy atom. The van der Waals surface area contributed by atoms with Gasteiger partial charge in [0.15, 0.2) is 0 Å². The molecule has 8 heteroatoms. The van der Waals surface area contributed by atoms with E-state index in [-0.39, 0.29) is 32.1 Å². The van der Waals surface area contributed by atoms with Gasteiger partial charge in [-0.15, -0.1) is 0 Å². The summed E-state index contributed by atoms with van der Waals surface area (Å²) in [6.45, 7) is 5.20. The average Bonchev–Trinajstić information content (AvgIpc) is 3.09. The van der Waals surface area contributed by atoms with Gasteiger partial charge in [0.25, 0.3) is 0 Å². The Labute approximate surface area is 199 Å². The number of aliphatic carboxylic acids is 1. The molecule has 1 aliphatic carbocycles. The molecule has 182 valence electrons. The summed E-state index contributed by atoms with van der Waals surface area (Å²) in [5.74, 6) is -1.53. The molecule has 1 unspecified atom stereocenters. The zero-order valence-corrected chi connectivity index (χ0v) is 20.0. The Hall–Kier alpha value is -3.39. The second-order valence-corrected chi connectivity index (χ2v) is 9.63. The summed E-state index contributed by atoms with van der Waals surface area (Å²) in [5, 5.41) is 14.4. The van der Waals surface area contributed by atoms with Crippen molar-refractivity contribution in [3.8, 4) is 11.1 Å². The summed E-state index contributed by atoms with van der Waals surface area (Å²) in [5.41, 5.74) is 2.39. The Morgan fingerprint density at radius 2 is 1.53 bits per heavy atom. The molecule has 3 rings (SSSR count). The highest BCUT2D eigenvalue weighted by atomic mass is 16.5. The number of carboxylic acid groups (broad SMARTS) is 1. The highest BCUT2D eigenvalue weighted by Crippen LogP contribution is 2.44. The lowest BCUT2D eigenvalue weighted by molar-refractivity contribution is -0.140. The number of nitrogens with one attached hydrogen (secondary N) is 2. The fourth-order valence-corrected chi connectivity index (χ4v) is 4.29. The lowest BCUT2D eigenvalue weighted by atomic mass is 9.89. The standard InChI is InChI=1S/C26H32N2O6/c1-25(2,13-22(29)30)15-27-23(31)26(3,16-33-4)28-24(32)34-14-21-19-11-7-5-9-17(19)18-10-6-8-12-20(18)21/h5-12,21H,13-16H2,1-4H3,(H,27,31)(H,28,32)(H,29,30). The number of rotatable bonds is 10. The van der Waals surface area contributed by atoms with Gasteiger partial charge in [-0.1, -0.05) is 62.4 Å². The number of alkyl carbamates (subject to hydrolysis) is 1. The van der Waals surface area contributed by atoms with Gasteiger partial charge in [0.1, 0.15) is 12.1 Å². The summed E-state index contributed by atoms with van der Waals surface area (Å²) >= 11 is 0. The first-order valence-corrected chi connectivity index (χ1v) is 11.2. The van der Waals surface area contributed by atoms with Crippen molar-refractivity contribution in [2.24, 2.45) is 5.41 Å². The zero-order chi connectivity index (χ0) is 24.9. The molecule has 2 aromatic carbocycles. The molecule has 0 saturated heterocycles. The summed E-state index contributed by atoms with van der Waals surface area (Å²) in [6.07, 6.45) is -0.838. The molecule has 0 aliphatic heterocycles. The summed E-state index contributed by atoms with van der Waals surface area (Å²) in [6, 6.07) is 16.1. The zero-order valence-electron chi connectivity index (χ0n) is 20.0. The maximum absolute atomic E-state index is 12.9. The highest BCUT2D eigenvalue weighted by Gasteiger charge is 2.37. The van der Waals surface area contributed by atoms with E-state index in [9.17, 15) is 14.4 Å². The number of carbonyl (C=O) groups excluding carboxylic acids is 2. The van der Waals surface area contributed by atoms with Crippen molar-refractivity contribution < 1.29 is 29.0 Å². The molecule has 0 aromatic heterocycles. The van der Waals surface area contributed by atoms with Crippen molar-refractivity contribution in [3.63, 3.8) is 0 Å². The van der Waals surface area contributed by atoms with E-state index in [4.69, 9.17) is 14.6 Å². The first kappa shape index (κ1) is 25.2. The topological polar surface area (TPSA) is 114 Å². The number of ether oxygens (including phenoxy) is 2. The molecule has 0 saturated carbocycles. The Bertz CT molecular complexity index is 1020. The lowest BCUT2D eigenvalue weighted by Crippen LogP contribution is -2.60. The second kappa shape index (κ2) is 10.3. The molecule has 2 amide bonds. The quantitative estimate of drug-likeness (QED) is 0.491. The minimum Gasteiger partial charge on any atom is -0.481 e. The Balaban J connectivity index is 1.65. The van der Waals surface area contributed by atoms with Gasteiger partial charge in [0.05, 0.1) is 13.0 Å². The van der Waals surface area contributed by atoms with Crippen LogP contribution < -0.4 is 10.6 Å². The lowest BCUT2D eigenvalue weighted by Gasteiger charge is -2.31. The van der Waals surface area contributed by atoms with Crippen molar-refractivity contribution in [1.29, 1.82) is 0 Å². The summed E-state index contributed by atoms with van der Waals surface area (Å²) in [7, 11) is 1.43. The fraction of sp³-hybridized carbons (Fsp3) is 0.423. The van der Waals surface area contributed by atoms with Crippen LogP contribution in [0.15, 0.2) is 48.5 Å². The third-order valence-electron chi connectivity index (χ3n) is 6.01. The predicted octanol–water partition coefficient (Wildman–Crippen LogP) is 3.55. The van der Waals surface area contributed by atoms with Gasteiger partial charge in [-0.3, -0.25) is 9.59 Å². The van der Waals surface area contributed by atoms with Crippen LogP contribution in [0.5, 0.6) is 0 Å². The van der Waals surface area contributed by atoms with E-state index in [0.29, 0.717) is 0 Å². The molecule has 3 N–H and O–H groups in total. The number of carbonyl (C=O) groups is 3. The molecular formula is C26H32N2O6. The highest BCUT2D eigenvalue weighted by molar-refractivity contribution is 5.90. The van der Waals surface area contributed by atoms with Crippen LogP contribution in [0.2, 0.25) is 0 Å². The first-order valence-electron chi connectivity index (χ1n) is 11.2. The van der Waals surface area contributed by atoms with Crippen molar-refractivity contribution in [2.45, 2.75) is 38.6 Å². The van der Waals surface area contributed by atoms with E-state index in [1.54, 1.807) is 13.8 Å². The molecule has 0 fully saturated rings. The monoisotopic (exact) mass is 468 g/mol. The molecule has 1 atom stereocenters. The van der Waals surface area contributed by atoms with Crippen LogP contribution >= 0.6 is 0 Å². The number of carboxylic acids is 1. The van der Waals surface area contributed by atoms with Crippen LogP contribution in [0, 0.1) is 5.41 Å². The molecule has 1 aliphatic rings. The molecule has 0 heterocycles. The van der Waals surface area contributed by atoms with Crippen LogP contribution in [0.3, 0.4) is 0 Å². The maximum Gasteiger partial charge on any atom is 0.408 e. The maximum atomic E-state index is 12.9. The van der Waals surface area contributed by atoms with Gasteiger partial charge >= 0.3 is 12.1 Å². The number of fused-ring (bicyclic) bond motifs is 3. The smallest absolute Gasteiger partial charge is 0.408 e. The van der Waals surface area contributed by atoms with Gasteiger partial charge in [-0.2, -0.15) is 0 Å². The van der Waals surface area contributed by atoms with Crippen molar-refractivity contribution in [2.75, 3.05) is 26.9 Å². The van der Waals surface area contributed by atoms with Crippen molar-refractivity contribution in [3.05, 3.63) is 59.7 Å². The Kier molecular flexibility index (Phi) is 7.61. The number of benzene rings is 2. The number of hydrogen-bond donors (Lipinski definition) is 3. The van der Waals surface area contributed by atoms with E-state index >= 15 is 0 Å². The van der Waals surface area contributed by atoms with E-state index in [1.165, 1.54) is 14.0 Å². The van der Waals surface area contributed by atoms with Gasteiger partial charge in [-0.25, -0.2) is 4.79 Å². The molecular weight excluding hydrogens is 436 g/mol. The molecule has 0 spiro atoms. The second-order valence-electron chi connectivity index (χ2n) is 9.63. The number of methoxy groups -OCH3 is 1. The van der Waals surface area contributed by atoms with Gasteiger partial charge in [0, 0.05) is 19.6 Å². The van der Waals surface area contributed by atoms with Gasteiger partial charge < -0.3 is 25.2 Å². The molecule has 8 nitrogen and oxygen atoms in total. The summed E-state index contributed by atoms with van der Waals surface area (Å²) in [4.78, 5) is 36.7. The van der Waals surface area contributed by atoms with Crippen molar-refractivity contribution >= 4 is 18.0 Å². The van der Waals surface area contributed by atoms with Crippen molar-refractivity contribution in [1.82, 2.24) is 10.6 Å². The summed E-state index contributed by atoms with van der Waals surface area (Å²) < 4.78 is 10.7. The van der Waals surface area contributed by atoms with E-state index in [1.807, 2.05) is 36.4 Å². The van der Waals surface area contributed by atoms with E-state index in [0.717, 1.165) is 22.3 Å². The van der Waals surface area contributed by atoms with E-state index in [2.05, 4.69) is 22.8 Å². The number of hydrogen-bond acceptors (Lipinski definition) is 5. The van der Waals surface area contributed by atoms with Crippen LogP contribution in [0.1, 0.15) is 44.2 Å². The third kappa shape index (κ3) is 5.75. The van der Waals surface area contributed by atoms with Crippen LogP contribution in [-0.2, 0) is 19.1 Å². The van der Waals surface area contributed by atoms with Crippen LogP contribution in [0.4, 0.5) is 4.79 Å². The molecule has 0 radical (unpaired) electrons. The van der Waals surface area contributed by atoms with E-state index < -0.39 is 28.9 Å². The number of amides is 2. The average molecular weight is 469 g/mol.